The number of hydrogen-bond donors (Lipinski definition) is 1. The summed E-state index contributed by atoms with van der Waals surface area (Å²) in [5, 5.41) is 2.85. The molecule has 0 atom stereocenters. The van der Waals surface area contributed by atoms with Crippen molar-refractivity contribution in [2.45, 2.75) is 6.61 Å². The van der Waals surface area contributed by atoms with Crippen molar-refractivity contribution in [3.05, 3.63) is 87.4 Å². The van der Waals surface area contributed by atoms with Gasteiger partial charge in [0.25, 0.3) is 11.8 Å². The molecule has 1 fully saturated rings. The van der Waals surface area contributed by atoms with Gasteiger partial charge in [-0.15, -0.1) is 0 Å². The maximum atomic E-state index is 13.4. The van der Waals surface area contributed by atoms with E-state index < -0.39 is 11.8 Å². The number of hydrogen-bond acceptors (Lipinski definition) is 6. The smallest absolute Gasteiger partial charge is 0.270 e. The lowest BCUT2D eigenvalue weighted by Crippen LogP contribution is -2.54. The molecule has 10 heteroatoms. The zero-order valence-corrected chi connectivity index (χ0v) is 20.2. The van der Waals surface area contributed by atoms with Crippen molar-refractivity contribution in [1.29, 1.82) is 0 Å². The number of amides is 2. The number of fused-ring (bicyclic) bond motifs is 1. The second-order valence-corrected chi connectivity index (χ2v) is 8.72. The lowest BCUT2D eigenvalue weighted by Gasteiger charge is -2.29. The molecule has 2 heterocycles. The Kier molecular flexibility index (Phi) is 6.34. The van der Waals surface area contributed by atoms with E-state index in [1.807, 2.05) is 18.2 Å². The first-order valence-corrected chi connectivity index (χ1v) is 11.5. The van der Waals surface area contributed by atoms with Gasteiger partial charge in [-0.2, -0.15) is 0 Å². The summed E-state index contributed by atoms with van der Waals surface area (Å²) in [6.07, 6.45) is 1.46. The Morgan fingerprint density at radius 2 is 1.83 bits per heavy atom. The zero-order valence-electron chi connectivity index (χ0n) is 17.9. The summed E-state index contributed by atoms with van der Waals surface area (Å²) in [5.74, 6) is 0.567. The molecule has 0 aliphatic carbocycles. The highest BCUT2D eigenvalue weighted by Crippen LogP contribution is 2.35. The largest absolute Gasteiger partial charge is 0.488 e. The molecular weight excluding hydrogens is 511 g/mol. The average molecular weight is 527 g/mol. The van der Waals surface area contributed by atoms with Crippen LogP contribution in [0.2, 0.25) is 10.0 Å². The van der Waals surface area contributed by atoms with Crippen molar-refractivity contribution in [3.63, 3.8) is 0 Å². The Morgan fingerprint density at radius 1 is 1.03 bits per heavy atom. The summed E-state index contributed by atoms with van der Waals surface area (Å²) >= 11 is 17.7. The van der Waals surface area contributed by atoms with Gasteiger partial charge in [0.05, 0.1) is 15.7 Å². The lowest BCUT2D eigenvalue weighted by molar-refractivity contribution is -0.122. The number of carbonyl (C=O) groups excluding carboxylic acids is 2. The molecule has 0 spiro atoms. The van der Waals surface area contributed by atoms with Crippen molar-refractivity contribution in [3.8, 4) is 17.2 Å². The number of thiocarbonyl (C=S) groups is 1. The van der Waals surface area contributed by atoms with Crippen LogP contribution >= 0.6 is 35.4 Å². The van der Waals surface area contributed by atoms with E-state index in [2.05, 4.69) is 5.32 Å². The number of nitrogens with one attached hydrogen (secondary N) is 1. The van der Waals surface area contributed by atoms with E-state index in [0.717, 1.165) is 10.5 Å². The van der Waals surface area contributed by atoms with Gasteiger partial charge in [0.1, 0.15) is 17.9 Å². The van der Waals surface area contributed by atoms with Gasteiger partial charge in [-0.1, -0.05) is 53.5 Å². The number of para-hydroxylation sites is 1. The third-order valence-corrected chi connectivity index (χ3v) is 6.42. The third kappa shape index (κ3) is 4.55. The van der Waals surface area contributed by atoms with Gasteiger partial charge < -0.3 is 14.2 Å². The van der Waals surface area contributed by atoms with Gasteiger partial charge in [-0.05, 0) is 54.2 Å². The summed E-state index contributed by atoms with van der Waals surface area (Å²) < 4.78 is 16.7. The molecule has 0 unspecified atom stereocenters. The number of nitrogens with zero attached hydrogens (tertiary/aromatic N) is 1. The fourth-order valence-electron chi connectivity index (χ4n) is 3.62. The highest BCUT2D eigenvalue weighted by atomic mass is 35.5. The molecule has 0 saturated carbocycles. The molecule has 0 radical (unpaired) electrons. The molecule has 1 saturated heterocycles. The molecule has 0 aromatic heterocycles. The summed E-state index contributed by atoms with van der Waals surface area (Å²) in [6.45, 7) is 0.429. The van der Waals surface area contributed by atoms with Crippen LogP contribution in [-0.2, 0) is 16.2 Å². The fourth-order valence-corrected chi connectivity index (χ4v) is 4.27. The summed E-state index contributed by atoms with van der Waals surface area (Å²) in [4.78, 5) is 27.2. The highest BCUT2D eigenvalue weighted by molar-refractivity contribution is 7.80. The Labute approximate surface area is 215 Å². The van der Waals surface area contributed by atoms with Gasteiger partial charge >= 0.3 is 0 Å². The van der Waals surface area contributed by atoms with Crippen LogP contribution in [0.3, 0.4) is 0 Å². The van der Waals surface area contributed by atoms with Gasteiger partial charge in [0.2, 0.25) is 6.79 Å². The standard InChI is InChI=1S/C25H16Cl2N2O5S/c26-17-5-3-6-18(22(17)27)29-24(31)16(23(30)28-25(29)35)11-15-4-1-2-7-19(15)32-12-14-8-9-20-21(10-14)34-13-33-20/h1-11H,12-13H2,(H,28,30,35)/b16-11+. The quantitative estimate of drug-likeness (QED) is 0.282. The molecule has 176 valence electrons. The topological polar surface area (TPSA) is 77.1 Å². The molecule has 3 aromatic carbocycles. The van der Waals surface area contributed by atoms with Crippen LogP contribution in [0, 0.1) is 0 Å². The lowest BCUT2D eigenvalue weighted by atomic mass is 10.1. The van der Waals surface area contributed by atoms with Crippen LogP contribution in [0.15, 0.2) is 66.2 Å². The Hall–Kier alpha value is -3.59. The Bertz CT molecular complexity index is 1410. The summed E-state index contributed by atoms with van der Waals surface area (Å²) in [6, 6.07) is 17.4. The number of rotatable bonds is 5. The third-order valence-electron chi connectivity index (χ3n) is 5.32. The van der Waals surface area contributed by atoms with E-state index in [1.54, 1.807) is 42.5 Å². The van der Waals surface area contributed by atoms with Crippen LogP contribution in [-0.4, -0.2) is 23.7 Å². The number of benzene rings is 3. The fraction of sp³-hybridized carbons (Fsp3) is 0.0800. The summed E-state index contributed by atoms with van der Waals surface area (Å²) in [5.41, 5.74) is 1.55. The Balaban J connectivity index is 1.43. The van der Waals surface area contributed by atoms with Crippen molar-refractivity contribution < 1.29 is 23.8 Å². The normalized spacial score (nSPS) is 16.0. The second-order valence-electron chi connectivity index (χ2n) is 7.54. The van der Waals surface area contributed by atoms with Crippen LogP contribution in [0.25, 0.3) is 6.08 Å². The summed E-state index contributed by atoms with van der Waals surface area (Å²) in [7, 11) is 0. The monoisotopic (exact) mass is 526 g/mol. The molecule has 1 N–H and O–H groups in total. The number of anilines is 1. The minimum absolute atomic E-state index is 0.0892. The molecule has 2 aliphatic heterocycles. The second kappa shape index (κ2) is 9.58. The predicted octanol–water partition coefficient (Wildman–Crippen LogP) is 5.13. The van der Waals surface area contributed by atoms with E-state index in [4.69, 9.17) is 49.6 Å². The first kappa shape index (κ1) is 23.2. The molecule has 2 amide bonds. The van der Waals surface area contributed by atoms with Crippen molar-refractivity contribution in [2.24, 2.45) is 0 Å². The molecular formula is C25H16Cl2N2O5S. The maximum absolute atomic E-state index is 13.4. The van der Waals surface area contributed by atoms with Gasteiger partial charge in [-0.3, -0.25) is 19.8 Å². The molecule has 5 rings (SSSR count). The van der Waals surface area contributed by atoms with Crippen LogP contribution < -0.4 is 24.4 Å². The van der Waals surface area contributed by atoms with Gasteiger partial charge in [-0.25, -0.2) is 0 Å². The minimum atomic E-state index is -0.631. The van der Waals surface area contributed by atoms with Gasteiger partial charge in [0, 0.05) is 5.56 Å². The first-order chi connectivity index (χ1) is 16.9. The van der Waals surface area contributed by atoms with Gasteiger partial charge in [0.15, 0.2) is 16.6 Å². The van der Waals surface area contributed by atoms with E-state index >= 15 is 0 Å². The van der Waals surface area contributed by atoms with E-state index in [1.165, 1.54) is 6.08 Å². The average Bonchev–Trinajstić information content (AvgIpc) is 3.31. The van der Waals surface area contributed by atoms with Crippen LogP contribution in [0.1, 0.15) is 11.1 Å². The molecule has 3 aromatic rings. The minimum Gasteiger partial charge on any atom is -0.488 e. The number of carbonyl (C=O) groups is 2. The van der Waals surface area contributed by atoms with Crippen molar-refractivity contribution >= 4 is 64.1 Å². The van der Waals surface area contributed by atoms with E-state index in [0.29, 0.717) is 22.8 Å². The predicted molar refractivity (Wildman–Crippen MR) is 136 cm³/mol. The van der Waals surface area contributed by atoms with E-state index in [9.17, 15) is 9.59 Å². The first-order valence-electron chi connectivity index (χ1n) is 10.4. The SMILES string of the molecule is O=C1NC(=S)N(c2cccc(Cl)c2Cl)C(=O)/C1=C/c1ccccc1OCc1ccc2c(c1)OCO2. The van der Waals surface area contributed by atoms with E-state index in [-0.39, 0.29) is 39.8 Å². The zero-order chi connectivity index (χ0) is 24.5. The maximum Gasteiger partial charge on any atom is 0.270 e. The van der Waals surface area contributed by atoms with Crippen molar-refractivity contribution in [2.75, 3.05) is 11.7 Å². The van der Waals surface area contributed by atoms with Crippen LogP contribution in [0.5, 0.6) is 17.2 Å². The van der Waals surface area contributed by atoms with Crippen LogP contribution in [0.4, 0.5) is 5.69 Å². The number of ether oxygens (including phenoxy) is 3. The Morgan fingerprint density at radius 3 is 2.69 bits per heavy atom. The highest BCUT2D eigenvalue weighted by Gasteiger charge is 2.36. The number of halogens is 2. The molecule has 0 bridgehead atoms. The molecule has 35 heavy (non-hydrogen) atoms. The molecule has 2 aliphatic rings. The molecule has 7 nitrogen and oxygen atoms in total. The van der Waals surface area contributed by atoms with Crippen molar-refractivity contribution in [1.82, 2.24) is 5.32 Å².